The van der Waals surface area contributed by atoms with Gasteiger partial charge in [0.15, 0.2) is 0 Å². The van der Waals surface area contributed by atoms with E-state index >= 15 is 0 Å². The number of rotatable bonds is 6. The van der Waals surface area contributed by atoms with Crippen molar-refractivity contribution >= 4 is 5.91 Å². The Bertz CT molecular complexity index is 210. The zero-order chi connectivity index (χ0) is 11.1. The first kappa shape index (κ1) is 12.2. The Morgan fingerprint density at radius 2 is 2.13 bits per heavy atom. The molecule has 0 aliphatic heterocycles. The molecular formula is C12H21NO2. The summed E-state index contributed by atoms with van der Waals surface area (Å²) in [6.07, 6.45) is 7.26. The van der Waals surface area contributed by atoms with Crippen LogP contribution in [0.15, 0.2) is 12.7 Å². The lowest BCUT2D eigenvalue weighted by Crippen LogP contribution is -2.34. The van der Waals surface area contributed by atoms with Gasteiger partial charge in [-0.1, -0.05) is 18.9 Å². The van der Waals surface area contributed by atoms with Crippen molar-refractivity contribution in [2.75, 3.05) is 19.7 Å². The van der Waals surface area contributed by atoms with Crippen molar-refractivity contribution in [1.29, 1.82) is 0 Å². The van der Waals surface area contributed by atoms with Gasteiger partial charge in [0, 0.05) is 19.5 Å². The summed E-state index contributed by atoms with van der Waals surface area (Å²) in [5.74, 6) is 0.736. The molecule has 15 heavy (non-hydrogen) atoms. The Morgan fingerprint density at radius 3 is 2.67 bits per heavy atom. The Balaban J connectivity index is 2.36. The van der Waals surface area contributed by atoms with Crippen LogP contribution in [-0.2, 0) is 4.79 Å². The number of aliphatic hydroxyl groups excluding tert-OH is 1. The van der Waals surface area contributed by atoms with Gasteiger partial charge < -0.3 is 10.0 Å². The Labute approximate surface area is 91.8 Å². The number of amides is 1. The molecule has 0 aromatic carbocycles. The van der Waals surface area contributed by atoms with Crippen LogP contribution in [-0.4, -0.2) is 35.6 Å². The fourth-order valence-corrected chi connectivity index (χ4v) is 2.18. The van der Waals surface area contributed by atoms with Crippen LogP contribution in [0.25, 0.3) is 0 Å². The molecule has 0 spiro atoms. The van der Waals surface area contributed by atoms with Gasteiger partial charge in [-0.05, 0) is 18.8 Å². The first-order valence-electron chi connectivity index (χ1n) is 5.77. The van der Waals surface area contributed by atoms with E-state index < -0.39 is 0 Å². The highest BCUT2D eigenvalue weighted by Gasteiger charge is 2.21. The summed E-state index contributed by atoms with van der Waals surface area (Å²) >= 11 is 0. The van der Waals surface area contributed by atoms with Gasteiger partial charge in [0.05, 0.1) is 6.61 Å². The predicted molar refractivity (Wildman–Crippen MR) is 60.4 cm³/mol. The van der Waals surface area contributed by atoms with Crippen LogP contribution in [0.3, 0.4) is 0 Å². The van der Waals surface area contributed by atoms with Gasteiger partial charge in [-0.2, -0.15) is 0 Å². The topological polar surface area (TPSA) is 40.5 Å². The first-order chi connectivity index (χ1) is 7.27. The van der Waals surface area contributed by atoms with Crippen LogP contribution in [0, 0.1) is 5.92 Å². The molecule has 1 fully saturated rings. The van der Waals surface area contributed by atoms with Crippen molar-refractivity contribution in [2.45, 2.75) is 32.1 Å². The fourth-order valence-electron chi connectivity index (χ4n) is 2.18. The van der Waals surface area contributed by atoms with Gasteiger partial charge in [-0.15, -0.1) is 6.58 Å². The Morgan fingerprint density at radius 1 is 1.47 bits per heavy atom. The molecule has 0 aromatic heterocycles. The largest absolute Gasteiger partial charge is 0.395 e. The average Bonchev–Trinajstić information content (AvgIpc) is 2.70. The number of hydrogen-bond acceptors (Lipinski definition) is 2. The molecule has 1 saturated carbocycles. The summed E-state index contributed by atoms with van der Waals surface area (Å²) in [5, 5.41) is 8.84. The average molecular weight is 211 g/mol. The van der Waals surface area contributed by atoms with E-state index in [1.165, 1.54) is 25.7 Å². The third-order valence-electron chi connectivity index (χ3n) is 3.01. The van der Waals surface area contributed by atoms with Gasteiger partial charge in [0.2, 0.25) is 5.91 Å². The minimum Gasteiger partial charge on any atom is -0.395 e. The molecule has 0 aromatic rings. The van der Waals surface area contributed by atoms with E-state index in [0.29, 0.717) is 25.4 Å². The van der Waals surface area contributed by atoms with Crippen LogP contribution in [0.1, 0.15) is 32.1 Å². The van der Waals surface area contributed by atoms with Gasteiger partial charge in [-0.3, -0.25) is 4.79 Å². The highest BCUT2D eigenvalue weighted by atomic mass is 16.3. The number of aliphatic hydroxyl groups is 1. The van der Waals surface area contributed by atoms with Crippen LogP contribution < -0.4 is 0 Å². The lowest BCUT2D eigenvalue weighted by atomic mass is 10.0. The number of nitrogens with zero attached hydrogens (tertiary/aromatic N) is 1. The molecule has 1 amide bonds. The normalized spacial score (nSPS) is 16.6. The lowest BCUT2D eigenvalue weighted by Gasteiger charge is -2.21. The second-order valence-corrected chi connectivity index (χ2v) is 4.21. The number of carbonyl (C=O) groups excluding carboxylic acids is 1. The molecule has 1 aliphatic carbocycles. The lowest BCUT2D eigenvalue weighted by molar-refractivity contribution is -0.132. The highest BCUT2D eigenvalue weighted by Crippen LogP contribution is 2.27. The second kappa shape index (κ2) is 6.62. The Kier molecular flexibility index (Phi) is 5.40. The second-order valence-electron chi connectivity index (χ2n) is 4.21. The van der Waals surface area contributed by atoms with E-state index in [9.17, 15) is 4.79 Å². The molecular weight excluding hydrogens is 190 g/mol. The third-order valence-corrected chi connectivity index (χ3v) is 3.01. The van der Waals surface area contributed by atoms with Crippen molar-refractivity contribution in [2.24, 2.45) is 5.92 Å². The van der Waals surface area contributed by atoms with Gasteiger partial charge >= 0.3 is 0 Å². The van der Waals surface area contributed by atoms with E-state index in [2.05, 4.69) is 6.58 Å². The van der Waals surface area contributed by atoms with Gasteiger partial charge in [-0.25, -0.2) is 0 Å². The van der Waals surface area contributed by atoms with Gasteiger partial charge in [0.25, 0.3) is 0 Å². The smallest absolute Gasteiger partial charge is 0.223 e. The summed E-state index contributed by atoms with van der Waals surface area (Å²) in [7, 11) is 0. The van der Waals surface area contributed by atoms with Crippen molar-refractivity contribution in [3.8, 4) is 0 Å². The van der Waals surface area contributed by atoms with Crippen LogP contribution in [0.4, 0.5) is 0 Å². The Hall–Kier alpha value is -0.830. The van der Waals surface area contributed by atoms with Crippen LogP contribution in [0.2, 0.25) is 0 Å². The molecule has 0 radical (unpaired) electrons. The summed E-state index contributed by atoms with van der Waals surface area (Å²) in [5.41, 5.74) is 0. The zero-order valence-electron chi connectivity index (χ0n) is 9.32. The maximum Gasteiger partial charge on any atom is 0.223 e. The van der Waals surface area contributed by atoms with Crippen molar-refractivity contribution in [3.63, 3.8) is 0 Å². The number of carbonyl (C=O) groups is 1. The molecule has 3 heteroatoms. The molecule has 0 saturated heterocycles. The predicted octanol–water partition coefficient (Wildman–Crippen LogP) is 1.57. The van der Waals surface area contributed by atoms with Crippen LogP contribution in [0.5, 0.6) is 0 Å². The molecule has 1 N–H and O–H groups in total. The summed E-state index contributed by atoms with van der Waals surface area (Å²) in [6.45, 7) is 4.63. The molecule has 3 nitrogen and oxygen atoms in total. The monoisotopic (exact) mass is 211 g/mol. The maximum absolute atomic E-state index is 11.8. The molecule has 1 aliphatic rings. The maximum atomic E-state index is 11.8. The summed E-state index contributed by atoms with van der Waals surface area (Å²) in [6, 6.07) is 0. The molecule has 0 atom stereocenters. The summed E-state index contributed by atoms with van der Waals surface area (Å²) in [4.78, 5) is 13.5. The molecule has 0 bridgehead atoms. The molecule has 1 rings (SSSR count). The van der Waals surface area contributed by atoms with Gasteiger partial charge in [0.1, 0.15) is 0 Å². The number of hydrogen-bond donors (Lipinski definition) is 1. The van der Waals surface area contributed by atoms with E-state index in [4.69, 9.17) is 5.11 Å². The van der Waals surface area contributed by atoms with Crippen molar-refractivity contribution in [1.82, 2.24) is 4.90 Å². The summed E-state index contributed by atoms with van der Waals surface area (Å²) < 4.78 is 0. The fraction of sp³-hybridized carbons (Fsp3) is 0.750. The minimum absolute atomic E-state index is 0.0320. The standard InChI is InChI=1S/C12H21NO2/c1-2-7-13(8-9-14)12(15)10-11-5-3-4-6-11/h2,11,14H,1,3-10H2. The van der Waals surface area contributed by atoms with Crippen molar-refractivity contribution in [3.05, 3.63) is 12.7 Å². The molecule has 0 heterocycles. The van der Waals surface area contributed by atoms with E-state index in [1.54, 1.807) is 11.0 Å². The zero-order valence-corrected chi connectivity index (χ0v) is 9.32. The SMILES string of the molecule is C=CCN(CCO)C(=O)CC1CCCC1. The third kappa shape index (κ3) is 4.04. The molecule has 0 unspecified atom stereocenters. The van der Waals surface area contributed by atoms with E-state index in [0.717, 1.165) is 0 Å². The highest BCUT2D eigenvalue weighted by molar-refractivity contribution is 5.76. The minimum atomic E-state index is 0.0320. The first-order valence-corrected chi connectivity index (χ1v) is 5.77. The molecule has 86 valence electrons. The van der Waals surface area contributed by atoms with Crippen LogP contribution >= 0.6 is 0 Å². The van der Waals surface area contributed by atoms with Crippen molar-refractivity contribution < 1.29 is 9.90 Å². The quantitative estimate of drug-likeness (QED) is 0.677. The van der Waals surface area contributed by atoms with E-state index in [1.807, 2.05) is 0 Å². The van der Waals surface area contributed by atoms with E-state index in [-0.39, 0.29) is 12.5 Å².